The Morgan fingerprint density at radius 1 is 1.15 bits per heavy atom. The molecule has 0 saturated carbocycles. The highest BCUT2D eigenvalue weighted by Gasteiger charge is 2.54. The van der Waals surface area contributed by atoms with Gasteiger partial charge in [0, 0.05) is 18.7 Å². The van der Waals surface area contributed by atoms with Gasteiger partial charge in [0.2, 0.25) is 5.60 Å². The Morgan fingerprint density at radius 3 is 2.20 bits per heavy atom. The van der Waals surface area contributed by atoms with Crippen molar-refractivity contribution in [2.24, 2.45) is 0 Å². The van der Waals surface area contributed by atoms with Gasteiger partial charge in [-0.25, -0.2) is 14.4 Å². The topological polar surface area (TPSA) is 215 Å². The van der Waals surface area contributed by atoms with Gasteiger partial charge in [-0.3, -0.25) is 4.90 Å². The summed E-state index contributed by atoms with van der Waals surface area (Å²) in [5.74, 6) is -4.81. The Hall–Kier alpha value is -3.65. The quantitative estimate of drug-likeness (QED) is 0.100. The first kappa shape index (κ1) is 32.6. The molecular weight excluding hydrogens is 530 g/mol. The number of phenols is 3. The molecule has 0 spiro atoms. The summed E-state index contributed by atoms with van der Waals surface area (Å²) < 4.78 is 10.9. The van der Waals surface area contributed by atoms with Crippen LogP contribution in [0.3, 0.4) is 0 Å². The lowest BCUT2D eigenvalue weighted by molar-refractivity contribution is -0.213. The van der Waals surface area contributed by atoms with Gasteiger partial charge in [-0.1, -0.05) is 12.2 Å². The number of carbonyl (C=O) groups is 3. The second kappa shape index (κ2) is 12.7. The number of phenolic OH excluding ortho intramolecular Hbond substituents is 3. The van der Waals surface area contributed by atoms with Crippen molar-refractivity contribution in [1.29, 1.82) is 0 Å². The molecule has 3 rings (SSSR count). The average Bonchev–Trinajstić information content (AvgIpc) is 3.46. The Morgan fingerprint density at radius 2 is 1.73 bits per heavy atom. The molecule has 2 heterocycles. The molecule has 0 radical (unpaired) electrons. The lowest BCUT2D eigenvalue weighted by atomic mass is 9.81. The molecule has 0 aromatic heterocycles. The highest BCUT2D eigenvalue weighted by atomic mass is 16.6. The van der Waals surface area contributed by atoms with Crippen molar-refractivity contribution >= 4 is 17.9 Å². The fourth-order valence-electron chi connectivity index (χ4n) is 4.39. The van der Waals surface area contributed by atoms with Gasteiger partial charge in [0.25, 0.3) is 0 Å². The molecular formula is C27H37NO12. The number of hydrogen-bond donors (Lipinski definition) is 7. The van der Waals surface area contributed by atoms with Crippen molar-refractivity contribution in [1.82, 2.24) is 4.90 Å². The van der Waals surface area contributed by atoms with E-state index in [0.717, 1.165) is 24.3 Å². The molecule has 222 valence electrons. The lowest BCUT2D eigenvalue weighted by Crippen LogP contribution is -2.63. The molecule has 13 heteroatoms. The molecule has 1 aromatic carbocycles. The molecule has 13 nitrogen and oxygen atoms in total. The summed E-state index contributed by atoms with van der Waals surface area (Å²) in [5, 5.41) is 65.5. The summed E-state index contributed by atoms with van der Waals surface area (Å²) >= 11 is 0. The standard InChI is InChI=1S/C20H31NO7.C7H6O5/c1-6-12(2)17(23)28-15-8-10-21-9-7-14(16(15)21)11-27-18(24)20(26,13(3)22)19(4,5)25;8-4-1-3(7(11)12)2-5(9)6(4)10/h6-7,13,15-16,22,25-26H,8-11H2,1-5H3;1-2,8-10H,(H,11,12)/b12-6+;. The molecule has 0 aliphatic carbocycles. The molecule has 4 unspecified atom stereocenters. The predicted molar refractivity (Wildman–Crippen MR) is 140 cm³/mol. The van der Waals surface area contributed by atoms with Crippen LogP contribution in [0, 0.1) is 0 Å². The zero-order valence-electron chi connectivity index (χ0n) is 23.0. The van der Waals surface area contributed by atoms with Crippen molar-refractivity contribution in [3.8, 4) is 17.2 Å². The van der Waals surface area contributed by atoms with Gasteiger partial charge in [0.05, 0.1) is 17.7 Å². The zero-order valence-corrected chi connectivity index (χ0v) is 23.0. The number of ether oxygens (including phenoxy) is 2. The number of aliphatic hydroxyl groups excluding tert-OH is 1. The molecule has 1 aromatic rings. The van der Waals surface area contributed by atoms with Crippen molar-refractivity contribution < 1.29 is 59.6 Å². The zero-order chi connectivity index (χ0) is 30.6. The van der Waals surface area contributed by atoms with E-state index in [-0.39, 0.29) is 30.3 Å². The Kier molecular flexibility index (Phi) is 10.3. The van der Waals surface area contributed by atoms with E-state index < -0.39 is 46.5 Å². The van der Waals surface area contributed by atoms with Crippen LogP contribution in [0.25, 0.3) is 0 Å². The maximum Gasteiger partial charge on any atom is 0.344 e. The first-order chi connectivity index (χ1) is 18.4. The number of carbonyl (C=O) groups excluding carboxylic acids is 2. The van der Waals surface area contributed by atoms with Crippen LogP contribution in [-0.2, 0) is 19.1 Å². The third-order valence-corrected chi connectivity index (χ3v) is 6.96. The van der Waals surface area contributed by atoms with Gasteiger partial charge in [-0.05, 0) is 58.7 Å². The number of aromatic hydroxyl groups is 3. The molecule has 2 aliphatic heterocycles. The molecule has 0 bridgehead atoms. The Bertz CT molecular complexity index is 1160. The number of esters is 2. The first-order valence-corrected chi connectivity index (χ1v) is 12.5. The minimum absolute atomic E-state index is 0.123. The van der Waals surface area contributed by atoms with Crippen LogP contribution in [0.15, 0.2) is 35.4 Å². The van der Waals surface area contributed by atoms with E-state index >= 15 is 0 Å². The van der Waals surface area contributed by atoms with E-state index in [1.54, 1.807) is 19.9 Å². The first-order valence-electron chi connectivity index (χ1n) is 12.5. The van der Waals surface area contributed by atoms with Gasteiger partial charge in [0.15, 0.2) is 17.2 Å². The maximum atomic E-state index is 12.5. The summed E-state index contributed by atoms with van der Waals surface area (Å²) in [4.78, 5) is 37.0. The molecule has 40 heavy (non-hydrogen) atoms. The van der Waals surface area contributed by atoms with Gasteiger partial charge in [-0.15, -0.1) is 0 Å². The lowest BCUT2D eigenvalue weighted by Gasteiger charge is -2.38. The maximum absolute atomic E-state index is 12.5. The largest absolute Gasteiger partial charge is 0.504 e. The Balaban J connectivity index is 0.000000389. The minimum Gasteiger partial charge on any atom is -0.504 e. The molecule has 0 amide bonds. The highest BCUT2D eigenvalue weighted by molar-refractivity contribution is 5.89. The molecule has 4 atom stereocenters. The fourth-order valence-corrected chi connectivity index (χ4v) is 4.39. The number of allylic oxidation sites excluding steroid dienone is 1. The number of carboxylic acid groups (broad SMARTS) is 1. The van der Waals surface area contributed by atoms with Crippen LogP contribution in [-0.4, -0.2) is 108 Å². The number of rotatable bonds is 8. The van der Waals surface area contributed by atoms with Crippen LogP contribution < -0.4 is 0 Å². The second-order valence-electron chi connectivity index (χ2n) is 10.2. The van der Waals surface area contributed by atoms with Crippen LogP contribution in [0.4, 0.5) is 0 Å². The normalized spacial score (nSPS) is 21.3. The minimum atomic E-state index is -2.46. The third-order valence-electron chi connectivity index (χ3n) is 6.96. The number of fused-ring (bicyclic) bond motifs is 1. The van der Waals surface area contributed by atoms with Crippen molar-refractivity contribution in [3.05, 3.63) is 41.0 Å². The van der Waals surface area contributed by atoms with Gasteiger partial charge in [-0.2, -0.15) is 0 Å². The second-order valence-corrected chi connectivity index (χ2v) is 10.2. The molecule has 7 N–H and O–H groups in total. The smallest absolute Gasteiger partial charge is 0.344 e. The van der Waals surface area contributed by atoms with E-state index in [4.69, 9.17) is 29.9 Å². The molecule has 1 saturated heterocycles. The number of nitrogens with zero attached hydrogens (tertiary/aromatic N) is 1. The monoisotopic (exact) mass is 567 g/mol. The van der Waals surface area contributed by atoms with Gasteiger partial charge < -0.3 is 45.2 Å². The number of aliphatic hydroxyl groups is 3. The van der Waals surface area contributed by atoms with E-state index in [9.17, 15) is 29.7 Å². The van der Waals surface area contributed by atoms with Crippen LogP contribution >= 0.6 is 0 Å². The SMILES string of the molecule is C/C=C(\C)C(=O)OC1CCN2CC=C(COC(=O)C(O)(C(C)O)C(C)(C)O)C12.O=C(O)c1cc(O)c(O)c(O)c1. The van der Waals surface area contributed by atoms with Crippen LogP contribution in [0.2, 0.25) is 0 Å². The third kappa shape index (κ3) is 6.91. The van der Waals surface area contributed by atoms with E-state index in [1.165, 1.54) is 20.8 Å². The Labute approximate surface area is 231 Å². The van der Waals surface area contributed by atoms with E-state index in [1.807, 2.05) is 6.08 Å². The number of benzene rings is 1. The van der Waals surface area contributed by atoms with Crippen LogP contribution in [0.1, 0.15) is 51.4 Å². The van der Waals surface area contributed by atoms with Gasteiger partial charge >= 0.3 is 17.9 Å². The highest BCUT2D eigenvalue weighted by Crippen LogP contribution is 2.35. The fraction of sp³-hybridized carbons (Fsp3) is 0.519. The van der Waals surface area contributed by atoms with E-state index in [0.29, 0.717) is 18.5 Å². The van der Waals surface area contributed by atoms with Crippen molar-refractivity contribution in [2.45, 2.75) is 70.5 Å². The summed E-state index contributed by atoms with van der Waals surface area (Å²) in [6.45, 7) is 8.42. The summed E-state index contributed by atoms with van der Waals surface area (Å²) in [6.07, 6.45) is 2.40. The summed E-state index contributed by atoms with van der Waals surface area (Å²) in [5.41, 5.74) is -3.35. The number of hydrogen-bond acceptors (Lipinski definition) is 12. The molecule has 2 aliphatic rings. The molecule has 1 fully saturated rings. The van der Waals surface area contributed by atoms with Gasteiger partial charge in [0.1, 0.15) is 18.3 Å². The number of carboxylic acids is 1. The van der Waals surface area contributed by atoms with Crippen LogP contribution in [0.5, 0.6) is 17.2 Å². The summed E-state index contributed by atoms with van der Waals surface area (Å²) in [7, 11) is 0. The predicted octanol–water partition coefficient (Wildman–Crippen LogP) is 0.806. The number of aromatic carboxylic acids is 1. The van der Waals surface area contributed by atoms with E-state index in [2.05, 4.69) is 4.90 Å². The summed E-state index contributed by atoms with van der Waals surface area (Å²) in [6, 6.07) is 1.50. The average molecular weight is 568 g/mol. The van der Waals surface area contributed by atoms with Crippen molar-refractivity contribution in [3.63, 3.8) is 0 Å². The van der Waals surface area contributed by atoms with Crippen molar-refractivity contribution in [2.75, 3.05) is 19.7 Å².